The minimum absolute atomic E-state index is 0.0675. The molecule has 0 N–H and O–H groups in total. The van der Waals surface area contributed by atoms with Crippen molar-refractivity contribution in [3.8, 4) is 0 Å². The third kappa shape index (κ3) is 1.81. The van der Waals surface area contributed by atoms with E-state index in [9.17, 15) is 13.2 Å². The second-order valence-corrected chi connectivity index (χ2v) is 4.92. The van der Waals surface area contributed by atoms with Gasteiger partial charge in [0.2, 0.25) is 0 Å². The molecule has 14 heavy (non-hydrogen) atoms. The molecule has 1 spiro atoms. The number of hydrogen-bond acceptors (Lipinski definition) is 1. The lowest BCUT2D eigenvalue weighted by atomic mass is 9.90. The van der Waals surface area contributed by atoms with Crippen LogP contribution in [0.3, 0.4) is 0 Å². The Balaban J connectivity index is 1.99. The molecule has 0 bridgehead atoms. The molecule has 0 aromatic heterocycles. The Bertz CT molecular complexity index is 231. The molecule has 82 valence electrons. The lowest BCUT2D eigenvalue weighted by Crippen LogP contribution is -2.39. The topological polar surface area (TPSA) is 9.23 Å². The van der Waals surface area contributed by atoms with Crippen molar-refractivity contribution >= 4 is 15.9 Å². The van der Waals surface area contributed by atoms with E-state index in [1.54, 1.807) is 0 Å². The van der Waals surface area contributed by atoms with Crippen LogP contribution in [0, 0.1) is 11.3 Å². The summed E-state index contributed by atoms with van der Waals surface area (Å²) in [7, 11) is 0. The molecule has 1 heterocycles. The largest absolute Gasteiger partial charge is 0.414 e. The Morgan fingerprint density at radius 1 is 1.36 bits per heavy atom. The highest BCUT2D eigenvalue weighted by atomic mass is 79.9. The molecule has 1 aliphatic heterocycles. The first-order valence-electron chi connectivity index (χ1n) is 4.72. The summed E-state index contributed by atoms with van der Waals surface area (Å²) in [6.07, 6.45) is -3.84. The van der Waals surface area contributed by atoms with E-state index in [-0.39, 0.29) is 18.4 Å². The van der Waals surface area contributed by atoms with Gasteiger partial charge < -0.3 is 4.74 Å². The fourth-order valence-electron chi connectivity index (χ4n) is 2.35. The number of hydrogen-bond donors (Lipinski definition) is 0. The van der Waals surface area contributed by atoms with E-state index in [2.05, 4.69) is 15.9 Å². The van der Waals surface area contributed by atoms with Crippen LogP contribution in [0.4, 0.5) is 13.2 Å². The molecule has 0 radical (unpaired) electrons. The van der Waals surface area contributed by atoms with Crippen molar-refractivity contribution in [3.05, 3.63) is 0 Å². The van der Waals surface area contributed by atoms with E-state index >= 15 is 0 Å². The van der Waals surface area contributed by atoms with E-state index in [0.717, 1.165) is 18.2 Å². The van der Waals surface area contributed by atoms with Crippen LogP contribution in [0.1, 0.15) is 19.3 Å². The maximum absolute atomic E-state index is 12.4. The summed E-state index contributed by atoms with van der Waals surface area (Å²) in [6.45, 7) is 0.258. The summed E-state index contributed by atoms with van der Waals surface area (Å²) < 4.78 is 42.0. The summed E-state index contributed by atoms with van der Waals surface area (Å²) >= 11 is 3.34. The minimum Gasteiger partial charge on any atom is -0.369 e. The van der Waals surface area contributed by atoms with Gasteiger partial charge in [0.25, 0.3) is 0 Å². The van der Waals surface area contributed by atoms with Crippen molar-refractivity contribution in [1.82, 2.24) is 0 Å². The molecule has 2 rings (SSSR count). The van der Waals surface area contributed by atoms with Gasteiger partial charge in [-0.3, -0.25) is 0 Å². The Kier molecular flexibility index (Phi) is 2.59. The molecule has 2 fully saturated rings. The first kappa shape index (κ1) is 10.7. The van der Waals surface area contributed by atoms with Crippen LogP contribution >= 0.6 is 15.9 Å². The van der Waals surface area contributed by atoms with Crippen molar-refractivity contribution in [1.29, 1.82) is 0 Å². The first-order valence-corrected chi connectivity index (χ1v) is 5.84. The zero-order chi connectivity index (χ0) is 10.4. The standard InChI is InChI=1S/C9H12BrF3O/c10-5-6-3-8(6)1-2-14-7(4-8)9(11,12)13/h6-7H,1-5H2. The van der Waals surface area contributed by atoms with Crippen LogP contribution in [-0.2, 0) is 4.74 Å². The van der Waals surface area contributed by atoms with Gasteiger partial charge in [0.15, 0.2) is 6.10 Å². The van der Waals surface area contributed by atoms with E-state index in [1.165, 1.54) is 0 Å². The maximum atomic E-state index is 12.4. The second-order valence-electron chi connectivity index (χ2n) is 4.27. The minimum atomic E-state index is -4.19. The molecule has 2 aliphatic rings. The molecule has 1 nitrogen and oxygen atoms in total. The van der Waals surface area contributed by atoms with Crippen molar-refractivity contribution in [3.63, 3.8) is 0 Å². The zero-order valence-corrected chi connectivity index (χ0v) is 9.20. The maximum Gasteiger partial charge on any atom is 0.414 e. The summed E-state index contributed by atoms with van der Waals surface area (Å²) in [4.78, 5) is 0. The molecule has 1 saturated heterocycles. The van der Waals surface area contributed by atoms with Crippen LogP contribution in [0.2, 0.25) is 0 Å². The Hall–Kier alpha value is 0.230. The lowest BCUT2D eigenvalue weighted by Gasteiger charge is -2.31. The summed E-state index contributed by atoms with van der Waals surface area (Å²) in [5, 5.41) is 0.817. The van der Waals surface area contributed by atoms with Gasteiger partial charge in [-0.05, 0) is 30.6 Å². The number of alkyl halides is 4. The van der Waals surface area contributed by atoms with Crippen LogP contribution in [0.5, 0.6) is 0 Å². The SMILES string of the molecule is FC(F)(F)C1CC2(CCO1)CC2CBr. The average molecular weight is 273 g/mol. The molecule has 1 aliphatic carbocycles. The lowest BCUT2D eigenvalue weighted by molar-refractivity contribution is -0.238. The van der Waals surface area contributed by atoms with Crippen molar-refractivity contribution in [2.24, 2.45) is 11.3 Å². The fourth-order valence-corrected chi connectivity index (χ4v) is 3.27. The van der Waals surface area contributed by atoms with Crippen molar-refractivity contribution in [2.75, 3.05) is 11.9 Å². The molecular weight excluding hydrogens is 261 g/mol. The van der Waals surface area contributed by atoms with Crippen LogP contribution in [-0.4, -0.2) is 24.2 Å². The van der Waals surface area contributed by atoms with Gasteiger partial charge >= 0.3 is 6.18 Å². The van der Waals surface area contributed by atoms with Gasteiger partial charge in [-0.25, -0.2) is 0 Å². The molecule has 5 heteroatoms. The van der Waals surface area contributed by atoms with Crippen molar-refractivity contribution < 1.29 is 17.9 Å². The predicted molar refractivity (Wildman–Crippen MR) is 49.4 cm³/mol. The highest BCUT2D eigenvalue weighted by Crippen LogP contribution is 2.61. The van der Waals surface area contributed by atoms with Gasteiger partial charge in [0.05, 0.1) is 0 Å². The third-order valence-corrected chi connectivity index (χ3v) is 4.20. The smallest absolute Gasteiger partial charge is 0.369 e. The predicted octanol–water partition coefficient (Wildman–Crippen LogP) is 3.13. The first-order chi connectivity index (χ1) is 6.48. The summed E-state index contributed by atoms with van der Waals surface area (Å²) in [5.41, 5.74) is -0.0675. The van der Waals surface area contributed by atoms with Gasteiger partial charge in [-0.1, -0.05) is 15.9 Å². The number of halogens is 4. The summed E-state index contributed by atoms with van der Waals surface area (Å²) in [6, 6.07) is 0. The second kappa shape index (κ2) is 3.37. The number of rotatable bonds is 1. The van der Waals surface area contributed by atoms with E-state index < -0.39 is 12.3 Å². The van der Waals surface area contributed by atoms with Crippen molar-refractivity contribution in [2.45, 2.75) is 31.5 Å². The number of ether oxygens (including phenoxy) is 1. The third-order valence-electron chi connectivity index (χ3n) is 3.42. The van der Waals surface area contributed by atoms with Crippen LogP contribution in [0.25, 0.3) is 0 Å². The molecule has 3 atom stereocenters. The average Bonchev–Trinajstić information content (AvgIpc) is 2.77. The van der Waals surface area contributed by atoms with E-state index in [1.807, 2.05) is 0 Å². The van der Waals surface area contributed by atoms with E-state index in [4.69, 9.17) is 4.74 Å². The summed E-state index contributed by atoms with van der Waals surface area (Å²) in [5.74, 6) is 0.427. The fraction of sp³-hybridized carbons (Fsp3) is 1.00. The highest BCUT2D eigenvalue weighted by molar-refractivity contribution is 9.09. The van der Waals surface area contributed by atoms with Crippen LogP contribution < -0.4 is 0 Å². The molecule has 0 aromatic carbocycles. The molecular formula is C9H12BrF3O. The quantitative estimate of drug-likeness (QED) is 0.667. The molecule has 0 aromatic rings. The van der Waals surface area contributed by atoms with E-state index in [0.29, 0.717) is 5.92 Å². The Morgan fingerprint density at radius 3 is 2.57 bits per heavy atom. The zero-order valence-electron chi connectivity index (χ0n) is 7.61. The van der Waals surface area contributed by atoms with Crippen LogP contribution in [0.15, 0.2) is 0 Å². The molecule has 1 saturated carbocycles. The molecule has 0 amide bonds. The van der Waals surface area contributed by atoms with Gasteiger partial charge in [-0.15, -0.1) is 0 Å². The monoisotopic (exact) mass is 272 g/mol. The van der Waals surface area contributed by atoms with Gasteiger partial charge in [0.1, 0.15) is 0 Å². The van der Waals surface area contributed by atoms with Gasteiger partial charge in [-0.2, -0.15) is 13.2 Å². The Labute approximate surface area is 89.1 Å². The van der Waals surface area contributed by atoms with Gasteiger partial charge in [0, 0.05) is 11.9 Å². The Morgan fingerprint density at radius 2 is 2.07 bits per heavy atom. The normalized spacial score (nSPS) is 42.9. The molecule has 3 unspecified atom stereocenters. The highest BCUT2D eigenvalue weighted by Gasteiger charge is 2.59.